The van der Waals surface area contributed by atoms with Crippen LogP contribution in [-0.2, 0) is 10.2 Å². The number of benzene rings is 3. The molecule has 2 fully saturated rings. The van der Waals surface area contributed by atoms with Gasteiger partial charge in [0.05, 0.1) is 11.5 Å². The fraction of sp³-hybridized carbons (Fsp3) is 0.240. The van der Waals surface area contributed by atoms with Crippen LogP contribution >= 0.6 is 11.8 Å². The molecule has 4 heteroatoms. The normalized spacial score (nSPS) is 21.2. The molecule has 29 heavy (non-hydrogen) atoms. The number of nitrogens with one attached hydrogen (secondary N) is 1. The molecule has 146 valence electrons. The third kappa shape index (κ3) is 3.07. The van der Waals surface area contributed by atoms with Crippen LogP contribution in [0.4, 0.5) is 0 Å². The summed E-state index contributed by atoms with van der Waals surface area (Å²) in [4.78, 5) is 16.6. The van der Waals surface area contributed by atoms with Crippen LogP contribution in [0.1, 0.15) is 23.1 Å². The molecule has 3 aromatic rings. The first-order valence-electron chi connectivity index (χ1n) is 10.1. The molecular formula is C25H24N2OS. The third-order valence-electron chi connectivity index (χ3n) is 6.11. The second kappa shape index (κ2) is 7.69. The van der Waals surface area contributed by atoms with Gasteiger partial charge in [-0.3, -0.25) is 9.69 Å². The summed E-state index contributed by atoms with van der Waals surface area (Å²) in [6.07, 6.45) is 1.32. The van der Waals surface area contributed by atoms with Gasteiger partial charge in [-0.25, -0.2) is 0 Å². The van der Waals surface area contributed by atoms with Crippen LogP contribution in [-0.4, -0.2) is 34.6 Å². The summed E-state index contributed by atoms with van der Waals surface area (Å²) in [6, 6.07) is 30.5. The molecule has 2 aliphatic heterocycles. The van der Waals surface area contributed by atoms with Gasteiger partial charge in [-0.15, -0.1) is 11.8 Å². The maximum Gasteiger partial charge on any atom is 0.240 e. The lowest BCUT2D eigenvalue weighted by Crippen LogP contribution is -2.58. The number of carbonyl (C=O) groups is 1. The largest absolute Gasteiger partial charge is 0.338 e. The first-order chi connectivity index (χ1) is 14.3. The number of carbonyl (C=O) groups excluding carboxylic acids is 1. The van der Waals surface area contributed by atoms with E-state index in [4.69, 9.17) is 0 Å². The van der Waals surface area contributed by atoms with Gasteiger partial charge >= 0.3 is 0 Å². The molecule has 0 radical (unpaired) electrons. The highest BCUT2D eigenvalue weighted by Crippen LogP contribution is 2.41. The number of amides is 1. The smallest absolute Gasteiger partial charge is 0.240 e. The van der Waals surface area contributed by atoms with Crippen molar-refractivity contribution in [2.24, 2.45) is 0 Å². The molecule has 0 bridgehead atoms. The Bertz CT molecular complexity index is 881. The van der Waals surface area contributed by atoms with Crippen LogP contribution in [0.15, 0.2) is 91.0 Å². The van der Waals surface area contributed by atoms with Crippen molar-refractivity contribution in [1.82, 2.24) is 10.2 Å². The number of thioether (sulfide) groups is 1. The summed E-state index contributed by atoms with van der Waals surface area (Å²) in [5.41, 5.74) is 2.07. The van der Waals surface area contributed by atoms with Crippen LogP contribution in [0.5, 0.6) is 0 Å². The van der Waals surface area contributed by atoms with Crippen molar-refractivity contribution in [2.45, 2.75) is 23.4 Å². The highest BCUT2D eigenvalue weighted by atomic mass is 32.2. The van der Waals surface area contributed by atoms with E-state index in [2.05, 4.69) is 46.6 Å². The third-order valence-corrected chi connectivity index (χ3v) is 7.51. The minimum Gasteiger partial charge on any atom is -0.338 e. The summed E-state index contributed by atoms with van der Waals surface area (Å²) < 4.78 is 0. The molecule has 2 heterocycles. The zero-order chi connectivity index (χ0) is 19.7. The second-order valence-corrected chi connectivity index (χ2v) is 8.86. The van der Waals surface area contributed by atoms with Gasteiger partial charge in [0, 0.05) is 12.3 Å². The fourth-order valence-corrected chi connectivity index (χ4v) is 5.95. The number of rotatable bonds is 5. The van der Waals surface area contributed by atoms with Crippen molar-refractivity contribution in [3.63, 3.8) is 0 Å². The van der Waals surface area contributed by atoms with Crippen molar-refractivity contribution in [1.29, 1.82) is 0 Å². The van der Waals surface area contributed by atoms with E-state index in [-0.39, 0.29) is 12.1 Å². The minimum atomic E-state index is -0.891. The summed E-state index contributed by atoms with van der Waals surface area (Å²) >= 11 is 1.95. The number of hydrogen-bond acceptors (Lipinski definition) is 3. The van der Waals surface area contributed by atoms with Crippen LogP contribution in [0, 0.1) is 0 Å². The van der Waals surface area contributed by atoms with Crippen LogP contribution < -0.4 is 5.32 Å². The average molecular weight is 401 g/mol. The summed E-state index contributed by atoms with van der Waals surface area (Å²) in [5.74, 6) is 0.990. The highest BCUT2D eigenvalue weighted by molar-refractivity contribution is 8.00. The first-order valence-corrected chi connectivity index (χ1v) is 11.2. The summed E-state index contributed by atoms with van der Waals surface area (Å²) in [6.45, 7) is 1.07. The van der Waals surface area contributed by atoms with Crippen molar-refractivity contribution in [3.05, 3.63) is 108 Å². The molecule has 1 amide bonds. The zero-order valence-corrected chi connectivity index (χ0v) is 17.0. The Morgan fingerprint density at radius 2 is 1.31 bits per heavy atom. The van der Waals surface area contributed by atoms with Gasteiger partial charge in [0.15, 0.2) is 0 Å². The van der Waals surface area contributed by atoms with Crippen molar-refractivity contribution < 1.29 is 4.79 Å². The Labute approximate surface area is 176 Å². The van der Waals surface area contributed by atoms with E-state index in [1.54, 1.807) is 0 Å². The molecule has 0 saturated carbocycles. The lowest BCUT2D eigenvalue weighted by Gasteiger charge is -2.40. The summed E-state index contributed by atoms with van der Waals surface area (Å²) in [5, 5.41) is 3.98. The fourth-order valence-electron chi connectivity index (χ4n) is 4.56. The van der Waals surface area contributed by atoms with E-state index >= 15 is 0 Å². The molecule has 0 aliphatic carbocycles. The monoisotopic (exact) mass is 400 g/mol. The predicted octanol–water partition coefficient (Wildman–Crippen LogP) is 4.24. The lowest BCUT2D eigenvalue weighted by molar-refractivity contribution is -0.126. The second-order valence-electron chi connectivity index (χ2n) is 7.65. The Hall–Kier alpha value is -2.56. The van der Waals surface area contributed by atoms with Crippen molar-refractivity contribution in [3.8, 4) is 0 Å². The Morgan fingerprint density at radius 1 is 0.828 bits per heavy atom. The molecule has 2 atom stereocenters. The standard InChI is InChI=1S/C25H24N2OS/c28-24(26-22-18-29-23-16-17-27(22)23)25(19-10-4-1-5-11-19,20-12-6-2-7-13-20)21-14-8-3-9-15-21/h1-15,22-23H,16-18H2,(H,26,28). The molecular weight excluding hydrogens is 376 g/mol. The maximum absolute atomic E-state index is 14.2. The minimum absolute atomic E-state index is 0.0410. The van der Waals surface area contributed by atoms with Gasteiger partial charge in [-0.1, -0.05) is 91.0 Å². The highest BCUT2D eigenvalue weighted by Gasteiger charge is 2.47. The quantitative estimate of drug-likeness (QED) is 0.650. The van der Waals surface area contributed by atoms with Crippen molar-refractivity contribution >= 4 is 17.7 Å². The number of nitrogens with zero attached hydrogens (tertiary/aromatic N) is 1. The number of hydrogen-bond donors (Lipinski definition) is 1. The molecule has 2 aliphatic rings. The SMILES string of the molecule is O=C(NC1CSC2CCN12)C(c1ccccc1)(c1ccccc1)c1ccccc1. The molecule has 0 aromatic heterocycles. The molecule has 3 aromatic carbocycles. The van der Waals surface area contributed by atoms with Gasteiger partial charge in [0.25, 0.3) is 0 Å². The predicted molar refractivity (Wildman–Crippen MR) is 119 cm³/mol. The van der Waals surface area contributed by atoms with E-state index in [1.807, 2.05) is 66.4 Å². The first kappa shape index (κ1) is 18.5. The van der Waals surface area contributed by atoms with Gasteiger partial charge < -0.3 is 5.32 Å². The van der Waals surface area contributed by atoms with Crippen LogP contribution in [0.2, 0.25) is 0 Å². The van der Waals surface area contributed by atoms with E-state index in [9.17, 15) is 4.79 Å². The van der Waals surface area contributed by atoms with Crippen molar-refractivity contribution in [2.75, 3.05) is 12.3 Å². The average Bonchev–Trinajstić information content (AvgIpc) is 3.03. The maximum atomic E-state index is 14.2. The van der Waals surface area contributed by atoms with Gasteiger partial charge in [-0.2, -0.15) is 0 Å². The molecule has 1 N–H and O–H groups in total. The van der Waals surface area contributed by atoms with E-state index in [1.165, 1.54) is 6.42 Å². The van der Waals surface area contributed by atoms with Gasteiger partial charge in [0.1, 0.15) is 5.41 Å². The van der Waals surface area contributed by atoms with Crippen LogP contribution in [0.25, 0.3) is 0 Å². The lowest BCUT2D eigenvalue weighted by atomic mass is 9.68. The zero-order valence-electron chi connectivity index (χ0n) is 16.2. The molecule has 5 rings (SSSR count). The summed E-state index contributed by atoms with van der Waals surface area (Å²) in [7, 11) is 0. The van der Waals surface area contributed by atoms with Gasteiger partial charge in [0.2, 0.25) is 5.91 Å². The Kier molecular flexibility index (Phi) is 4.90. The topological polar surface area (TPSA) is 32.3 Å². The molecule has 2 unspecified atom stereocenters. The van der Waals surface area contributed by atoms with Crippen LogP contribution in [0.3, 0.4) is 0 Å². The molecule has 3 nitrogen and oxygen atoms in total. The molecule has 0 spiro atoms. The Morgan fingerprint density at radius 3 is 1.69 bits per heavy atom. The van der Waals surface area contributed by atoms with Gasteiger partial charge in [-0.05, 0) is 23.1 Å². The Balaban J connectivity index is 1.66. The van der Waals surface area contributed by atoms with E-state index in [0.29, 0.717) is 5.37 Å². The molecule has 2 saturated heterocycles. The number of fused-ring (bicyclic) bond motifs is 1. The van der Waals surface area contributed by atoms with E-state index in [0.717, 1.165) is 29.0 Å². The van der Waals surface area contributed by atoms with E-state index < -0.39 is 5.41 Å².